The fraction of sp³-hybridized carbons (Fsp3) is 0.400. The maximum Gasteiger partial charge on any atom is 0.274 e. The zero-order valence-electron chi connectivity index (χ0n) is 10.8. The van der Waals surface area contributed by atoms with Crippen molar-refractivity contribution in [2.45, 2.75) is 4.90 Å². The molecule has 11 heteroatoms. The van der Waals surface area contributed by atoms with Gasteiger partial charge in [0.1, 0.15) is 4.90 Å². The Morgan fingerprint density at radius 1 is 1.29 bits per heavy atom. The lowest BCUT2D eigenvalue weighted by Crippen LogP contribution is -2.36. The van der Waals surface area contributed by atoms with Crippen molar-refractivity contribution < 1.29 is 27.9 Å². The molecule has 0 aromatic heterocycles. The molecular weight excluding hydrogens is 309 g/mol. The summed E-state index contributed by atoms with van der Waals surface area (Å²) in [7, 11) is -4.44. The molecule has 0 unspecified atom stereocenters. The Labute approximate surface area is 119 Å². The number of hydrogen-bond donors (Lipinski definition) is 3. The van der Waals surface area contributed by atoms with Crippen molar-refractivity contribution in [2.24, 2.45) is 0 Å². The number of non-ortho nitro benzene ring substituents is 1. The van der Waals surface area contributed by atoms with Gasteiger partial charge in [0.15, 0.2) is 5.82 Å². The quantitative estimate of drug-likeness (QED) is 0.341. The van der Waals surface area contributed by atoms with Gasteiger partial charge in [-0.3, -0.25) is 10.1 Å². The molecule has 0 radical (unpaired) electrons. The largest absolute Gasteiger partial charge is 0.397 e. The van der Waals surface area contributed by atoms with Crippen molar-refractivity contribution >= 4 is 21.4 Å². The van der Waals surface area contributed by atoms with E-state index in [0.29, 0.717) is 10.4 Å². The molecule has 1 aromatic carbocycles. The number of halogens is 1. The molecule has 0 aliphatic heterocycles. The molecule has 0 saturated carbocycles. The van der Waals surface area contributed by atoms with Crippen molar-refractivity contribution in [2.75, 3.05) is 32.0 Å². The Balaban J connectivity index is 3.40. The van der Waals surface area contributed by atoms with Gasteiger partial charge in [0, 0.05) is 19.2 Å². The lowest BCUT2D eigenvalue weighted by atomic mass is 10.3. The van der Waals surface area contributed by atoms with E-state index in [4.69, 9.17) is 15.9 Å². The van der Waals surface area contributed by atoms with Gasteiger partial charge in [0.05, 0.1) is 29.9 Å². The minimum absolute atomic E-state index is 0.376. The first-order valence-corrected chi connectivity index (χ1v) is 7.15. The Bertz CT molecular complexity index is 607. The maximum absolute atomic E-state index is 13.9. The van der Waals surface area contributed by atoms with Crippen LogP contribution in [-0.4, -0.2) is 54.2 Å². The van der Waals surface area contributed by atoms with Crippen LogP contribution < -0.4 is 5.73 Å². The number of nitrogens with zero attached hydrogens (tertiary/aromatic N) is 2. The number of nitrogen functional groups attached to an aromatic ring is 1. The number of benzene rings is 1. The zero-order chi connectivity index (χ0) is 16.2. The molecule has 1 rings (SSSR count). The van der Waals surface area contributed by atoms with Crippen LogP contribution in [0.5, 0.6) is 0 Å². The van der Waals surface area contributed by atoms with Crippen molar-refractivity contribution in [3.8, 4) is 0 Å². The van der Waals surface area contributed by atoms with E-state index >= 15 is 0 Å². The molecule has 1 aromatic rings. The van der Waals surface area contributed by atoms with Gasteiger partial charge < -0.3 is 15.9 Å². The van der Waals surface area contributed by atoms with Crippen LogP contribution in [0.25, 0.3) is 0 Å². The Hall–Kier alpha value is -1.82. The molecule has 118 valence electrons. The number of aliphatic hydroxyl groups is 2. The third-order valence-electron chi connectivity index (χ3n) is 2.56. The number of hydrogen-bond acceptors (Lipinski definition) is 7. The number of anilines is 1. The van der Waals surface area contributed by atoms with Crippen LogP contribution >= 0.6 is 0 Å². The van der Waals surface area contributed by atoms with E-state index in [-0.39, 0.29) is 13.1 Å². The van der Waals surface area contributed by atoms with Crippen molar-refractivity contribution in [3.63, 3.8) is 0 Å². The first-order chi connectivity index (χ1) is 9.75. The predicted molar refractivity (Wildman–Crippen MR) is 70.4 cm³/mol. The van der Waals surface area contributed by atoms with Gasteiger partial charge in [-0.2, -0.15) is 4.31 Å². The summed E-state index contributed by atoms with van der Waals surface area (Å²) in [6, 6.07) is 1.17. The maximum atomic E-state index is 13.9. The highest BCUT2D eigenvalue weighted by atomic mass is 32.2. The van der Waals surface area contributed by atoms with E-state index in [9.17, 15) is 22.9 Å². The standard InChI is InChI=1S/C10H14FN3O6S/c11-8-5-7(14(17)18)6-9(12)10(8)21(19,20)13(1-3-15)2-4-16/h5-6,15-16H,1-4,12H2. The van der Waals surface area contributed by atoms with E-state index in [2.05, 4.69) is 0 Å². The number of sulfonamides is 1. The van der Waals surface area contributed by atoms with Crippen molar-refractivity contribution in [1.29, 1.82) is 0 Å². The summed E-state index contributed by atoms with van der Waals surface area (Å²) in [5.41, 5.74) is 4.10. The molecule has 21 heavy (non-hydrogen) atoms. The third-order valence-corrected chi connectivity index (χ3v) is 4.56. The summed E-state index contributed by atoms with van der Waals surface area (Å²) >= 11 is 0. The van der Waals surface area contributed by atoms with Crippen LogP contribution in [0.4, 0.5) is 15.8 Å². The van der Waals surface area contributed by atoms with Gasteiger partial charge in [-0.25, -0.2) is 12.8 Å². The average molecular weight is 323 g/mol. The Kier molecular flexibility index (Phi) is 5.54. The fourth-order valence-corrected chi connectivity index (χ4v) is 3.25. The summed E-state index contributed by atoms with van der Waals surface area (Å²) in [6.07, 6.45) is 0. The Morgan fingerprint density at radius 3 is 2.19 bits per heavy atom. The van der Waals surface area contributed by atoms with E-state index in [0.717, 1.165) is 6.07 Å². The zero-order valence-corrected chi connectivity index (χ0v) is 11.6. The SMILES string of the molecule is Nc1cc([N+](=O)[O-])cc(F)c1S(=O)(=O)N(CCO)CCO. The highest BCUT2D eigenvalue weighted by Gasteiger charge is 2.31. The first kappa shape index (κ1) is 17.2. The molecule has 0 saturated heterocycles. The lowest BCUT2D eigenvalue weighted by Gasteiger charge is -2.21. The number of aliphatic hydroxyl groups excluding tert-OH is 2. The molecular formula is C10H14FN3O6S. The molecule has 0 heterocycles. The van der Waals surface area contributed by atoms with Gasteiger partial charge in [-0.05, 0) is 0 Å². The second-order valence-electron chi connectivity index (χ2n) is 3.95. The summed E-state index contributed by atoms with van der Waals surface area (Å²) in [4.78, 5) is 8.73. The van der Waals surface area contributed by atoms with Gasteiger partial charge in [0.2, 0.25) is 10.0 Å². The highest BCUT2D eigenvalue weighted by Crippen LogP contribution is 2.29. The monoisotopic (exact) mass is 323 g/mol. The average Bonchev–Trinajstić information content (AvgIpc) is 2.37. The molecule has 9 nitrogen and oxygen atoms in total. The van der Waals surface area contributed by atoms with E-state index in [1.807, 2.05) is 0 Å². The summed E-state index contributed by atoms with van der Waals surface area (Å²) in [5, 5.41) is 28.2. The van der Waals surface area contributed by atoms with Crippen LogP contribution in [0.3, 0.4) is 0 Å². The van der Waals surface area contributed by atoms with Crippen LogP contribution in [-0.2, 0) is 10.0 Å². The summed E-state index contributed by atoms with van der Waals surface area (Å²) < 4.78 is 39.0. The van der Waals surface area contributed by atoms with Crippen LogP contribution in [0.15, 0.2) is 17.0 Å². The molecule has 0 fully saturated rings. The van der Waals surface area contributed by atoms with Crippen LogP contribution in [0, 0.1) is 15.9 Å². The molecule has 0 atom stereocenters. The van der Waals surface area contributed by atoms with E-state index in [1.165, 1.54) is 0 Å². The van der Waals surface area contributed by atoms with Crippen molar-refractivity contribution in [1.82, 2.24) is 4.31 Å². The van der Waals surface area contributed by atoms with Crippen molar-refractivity contribution in [3.05, 3.63) is 28.1 Å². The topological polar surface area (TPSA) is 147 Å². The summed E-state index contributed by atoms with van der Waals surface area (Å²) in [5.74, 6) is -1.37. The molecule has 0 spiro atoms. The van der Waals surface area contributed by atoms with Gasteiger partial charge >= 0.3 is 0 Å². The first-order valence-electron chi connectivity index (χ1n) is 5.71. The van der Waals surface area contributed by atoms with E-state index in [1.54, 1.807) is 0 Å². The smallest absolute Gasteiger partial charge is 0.274 e. The molecule has 4 N–H and O–H groups in total. The lowest BCUT2D eigenvalue weighted by molar-refractivity contribution is -0.385. The number of nitrogens with two attached hydrogens (primary N) is 1. The minimum atomic E-state index is -4.44. The van der Waals surface area contributed by atoms with Gasteiger partial charge in [-0.15, -0.1) is 0 Å². The molecule has 0 bridgehead atoms. The normalized spacial score (nSPS) is 11.8. The molecule has 0 aliphatic rings. The van der Waals surface area contributed by atoms with Crippen LogP contribution in [0.1, 0.15) is 0 Å². The second kappa shape index (κ2) is 6.76. The number of rotatable bonds is 7. The Morgan fingerprint density at radius 2 is 1.81 bits per heavy atom. The highest BCUT2D eigenvalue weighted by molar-refractivity contribution is 7.89. The number of nitro groups is 1. The van der Waals surface area contributed by atoms with Gasteiger partial charge in [-0.1, -0.05) is 0 Å². The predicted octanol–water partition coefficient (Wildman–Crippen LogP) is -0.709. The minimum Gasteiger partial charge on any atom is -0.397 e. The fourth-order valence-electron chi connectivity index (χ4n) is 1.68. The van der Waals surface area contributed by atoms with Crippen LogP contribution in [0.2, 0.25) is 0 Å². The molecule has 0 amide bonds. The third kappa shape index (κ3) is 3.64. The number of nitro benzene ring substituents is 1. The summed E-state index contributed by atoms with van der Waals surface area (Å²) in [6.45, 7) is -1.85. The second-order valence-corrected chi connectivity index (χ2v) is 5.83. The van der Waals surface area contributed by atoms with Gasteiger partial charge in [0.25, 0.3) is 5.69 Å². The van der Waals surface area contributed by atoms with E-state index < -0.39 is 50.2 Å². The molecule has 0 aliphatic carbocycles.